The number of carbonyl (C=O) groups excluding carboxylic acids is 1. The number of nitrogens with zero attached hydrogens (tertiary/aromatic N) is 1. The van der Waals surface area contributed by atoms with Crippen LogP contribution in [0.2, 0.25) is 0 Å². The van der Waals surface area contributed by atoms with Crippen LogP contribution in [0.3, 0.4) is 0 Å². The van der Waals surface area contributed by atoms with Gasteiger partial charge in [0.2, 0.25) is 0 Å². The summed E-state index contributed by atoms with van der Waals surface area (Å²) in [5.41, 5.74) is 4.77. The average molecular weight is 150 g/mol. The van der Waals surface area contributed by atoms with Gasteiger partial charge in [-0.3, -0.25) is 0 Å². The van der Waals surface area contributed by atoms with E-state index in [0.29, 0.717) is 0 Å². The van der Waals surface area contributed by atoms with Gasteiger partial charge in [-0.1, -0.05) is 0 Å². The van der Waals surface area contributed by atoms with Crippen LogP contribution in [0.25, 0.3) is 0 Å². The van der Waals surface area contributed by atoms with Crippen molar-refractivity contribution in [2.75, 3.05) is 13.1 Å². The molecule has 0 atom stereocenters. The maximum atomic E-state index is 12.3. The lowest BCUT2D eigenvalue weighted by Crippen LogP contribution is -2.35. The van der Waals surface area contributed by atoms with Crippen molar-refractivity contribution >= 4 is 6.03 Å². The van der Waals surface area contributed by atoms with Gasteiger partial charge < -0.3 is 10.6 Å². The van der Waals surface area contributed by atoms with E-state index < -0.39 is 18.5 Å². The predicted molar refractivity (Wildman–Crippen MR) is 30.7 cm³/mol. The Hall–Kier alpha value is -0.870. The van der Waals surface area contributed by atoms with E-state index in [0.717, 1.165) is 4.90 Å². The molecule has 1 saturated heterocycles. The molecule has 1 aliphatic rings. The Morgan fingerprint density at radius 3 is 2.40 bits per heavy atom. The topological polar surface area (TPSA) is 46.3 Å². The molecule has 1 heterocycles. The third kappa shape index (κ3) is 1.34. The number of hydrogen-bond donors (Lipinski definition) is 1. The van der Waals surface area contributed by atoms with Crippen LogP contribution in [0.1, 0.15) is 6.42 Å². The zero-order chi connectivity index (χ0) is 7.78. The molecule has 0 bridgehead atoms. The highest BCUT2D eigenvalue weighted by Gasteiger charge is 2.39. The van der Waals surface area contributed by atoms with Crippen LogP contribution in [-0.2, 0) is 0 Å². The third-order valence-electron chi connectivity index (χ3n) is 1.48. The van der Waals surface area contributed by atoms with Gasteiger partial charge in [0.05, 0.1) is 6.54 Å². The van der Waals surface area contributed by atoms with Gasteiger partial charge in [0, 0.05) is 13.0 Å². The van der Waals surface area contributed by atoms with E-state index in [9.17, 15) is 13.6 Å². The Bertz CT molecular complexity index is 160. The molecule has 58 valence electrons. The van der Waals surface area contributed by atoms with Crippen LogP contribution in [0.15, 0.2) is 0 Å². The second kappa shape index (κ2) is 2.07. The third-order valence-corrected chi connectivity index (χ3v) is 1.48. The predicted octanol–water partition coefficient (Wildman–Crippen LogP) is 0.406. The first-order valence-electron chi connectivity index (χ1n) is 2.93. The zero-order valence-corrected chi connectivity index (χ0v) is 5.31. The molecule has 0 radical (unpaired) electrons. The second-order valence-corrected chi connectivity index (χ2v) is 2.37. The summed E-state index contributed by atoms with van der Waals surface area (Å²) in [7, 11) is 0. The lowest BCUT2D eigenvalue weighted by molar-refractivity contribution is 0.0157. The highest BCUT2D eigenvalue weighted by atomic mass is 19.3. The first-order valence-corrected chi connectivity index (χ1v) is 2.93. The van der Waals surface area contributed by atoms with Gasteiger partial charge in [-0.2, -0.15) is 0 Å². The SMILES string of the molecule is NC(=O)N1CCC(F)(F)C1. The molecule has 0 aliphatic carbocycles. The van der Waals surface area contributed by atoms with Crippen LogP contribution >= 0.6 is 0 Å². The number of carbonyl (C=O) groups is 1. The smallest absolute Gasteiger partial charge is 0.314 e. The highest BCUT2D eigenvalue weighted by Crippen LogP contribution is 2.26. The summed E-state index contributed by atoms with van der Waals surface area (Å²) in [5.74, 6) is -2.73. The van der Waals surface area contributed by atoms with Gasteiger partial charge in [-0.25, -0.2) is 13.6 Å². The quantitative estimate of drug-likeness (QED) is 0.534. The number of primary amides is 1. The van der Waals surface area contributed by atoms with Crippen LogP contribution in [-0.4, -0.2) is 29.9 Å². The maximum Gasteiger partial charge on any atom is 0.314 e. The first kappa shape index (κ1) is 7.24. The molecule has 5 heteroatoms. The number of amides is 2. The number of likely N-dealkylation sites (tertiary alicyclic amines) is 1. The number of nitrogens with two attached hydrogens (primary N) is 1. The fraction of sp³-hybridized carbons (Fsp3) is 0.800. The van der Waals surface area contributed by atoms with E-state index in [2.05, 4.69) is 0 Å². The Kier molecular flexibility index (Phi) is 1.50. The van der Waals surface area contributed by atoms with Crippen molar-refractivity contribution in [2.24, 2.45) is 5.73 Å². The minimum absolute atomic E-state index is 0.0718. The lowest BCUT2D eigenvalue weighted by Gasteiger charge is -2.11. The molecule has 0 aromatic rings. The minimum atomic E-state index is -2.73. The van der Waals surface area contributed by atoms with Crippen LogP contribution in [0.5, 0.6) is 0 Å². The maximum absolute atomic E-state index is 12.3. The van der Waals surface area contributed by atoms with Gasteiger partial charge >= 0.3 is 6.03 Å². The molecule has 0 spiro atoms. The standard InChI is InChI=1S/C5H8F2N2O/c6-5(7)1-2-9(3-5)4(8)10/h1-3H2,(H2,8,10). The second-order valence-electron chi connectivity index (χ2n) is 2.37. The summed E-state index contributed by atoms with van der Waals surface area (Å²) >= 11 is 0. The van der Waals surface area contributed by atoms with Crippen molar-refractivity contribution < 1.29 is 13.6 Å². The number of halogens is 2. The normalized spacial score (nSPS) is 23.2. The summed E-state index contributed by atoms with van der Waals surface area (Å²) in [6.45, 7) is -0.454. The highest BCUT2D eigenvalue weighted by molar-refractivity contribution is 5.72. The summed E-state index contributed by atoms with van der Waals surface area (Å²) in [5, 5.41) is 0. The van der Waals surface area contributed by atoms with Crippen LogP contribution < -0.4 is 5.73 Å². The van der Waals surface area contributed by atoms with Crippen molar-refractivity contribution in [1.29, 1.82) is 0 Å². The van der Waals surface area contributed by atoms with E-state index in [1.165, 1.54) is 0 Å². The largest absolute Gasteiger partial charge is 0.351 e. The average Bonchev–Trinajstić information content (AvgIpc) is 2.10. The minimum Gasteiger partial charge on any atom is -0.351 e. The molecular formula is C5H8F2N2O. The van der Waals surface area contributed by atoms with Crippen LogP contribution in [0, 0.1) is 0 Å². The number of alkyl halides is 2. The lowest BCUT2D eigenvalue weighted by atomic mass is 10.3. The monoisotopic (exact) mass is 150 g/mol. The van der Waals surface area contributed by atoms with Gasteiger partial charge in [0.15, 0.2) is 0 Å². The number of hydrogen-bond acceptors (Lipinski definition) is 1. The molecule has 0 aromatic carbocycles. The molecule has 2 N–H and O–H groups in total. The summed E-state index contributed by atoms with van der Waals surface area (Å²) in [6.07, 6.45) is -0.268. The van der Waals surface area contributed by atoms with E-state index in [1.54, 1.807) is 0 Å². The molecule has 0 aromatic heterocycles. The van der Waals surface area contributed by atoms with Crippen molar-refractivity contribution in [2.45, 2.75) is 12.3 Å². The van der Waals surface area contributed by atoms with Gasteiger partial charge in [-0.05, 0) is 0 Å². The van der Waals surface area contributed by atoms with E-state index >= 15 is 0 Å². The van der Waals surface area contributed by atoms with Crippen molar-refractivity contribution in [3.8, 4) is 0 Å². The van der Waals surface area contributed by atoms with E-state index in [4.69, 9.17) is 5.73 Å². The number of rotatable bonds is 0. The first-order chi connectivity index (χ1) is 4.51. The van der Waals surface area contributed by atoms with E-state index in [1.807, 2.05) is 0 Å². The molecule has 1 fully saturated rings. The molecule has 3 nitrogen and oxygen atoms in total. The summed E-state index contributed by atoms with van der Waals surface area (Å²) in [6, 6.07) is -0.767. The Morgan fingerprint density at radius 1 is 1.60 bits per heavy atom. The van der Waals surface area contributed by atoms with E-state index in [-0.39, 0.29) is 13.0 Å². The summed E-state index contributed by atoms with van der Waals surface area (Å²) in [4.78, 5) is 11.2. The van der Waals surface area contributed by atoms with Crippen LogP contribution in [0.4, 0.5) is 13.6 Å². The Balaban J connectivity index is 2.51. The zero-order valence-electron chi connectivity index (χ0n) is 5.31. The molecule has 1 aliphatic heterocycles. The van der Waals surface area contributed by atoms with Gasteiger partial charge in [0.25, 0.3) is 5.92 Å². The molecular weight excluding hydrogens is 142 g/mol. The fourth-order valence-electron chi connectivity index (χ4n) is 0.924. The molecule has 0 unspecified atom stereocenters. The Morgan fingerprint density at radius 2 is 2.20 bits per heavy atom. The van der Waals surface area contributed by atoms with Crippen molar-refractivity contribution in [3.63, 3.8) is 0 Å². The van der Waals surface area contributed by atoms with Gasteiger partial charge in [-0.15, -0.1) is 0 Å². The van der Waals surface area contributed by atoms with Gasteiger partial charge in [0.1, 0.15) is 0 Å². The van der Waals surface area contributed by atoms with Crippen molar-refractivity contribution in [1.82, 2.24) is 4.90 Å². The molecule has 10 heavy (non-hydrogen) atoms. The molecule has 1 rings (SSSR count). The van der Waals surface area contributed by atoms with Crippen molar-refractivity contribution in [3.05, 3.63) is 0 Å². The fourth-order valence-corrected chi connectivity index (χ4v) is 0.924. The summed E-state index contributed by atoms with van der Waals surface area (Å²) < 4.78 is 24.6. The number of urea groups is 1. The Labute approximate surface area is 56.8 Å². The molecule has 2 amide bonds. The molecule has 0 saturated carbocycles.